The van der Waals surface area contributed by atoms with Crippen molar-refractivity contribution in [2.45, 2.75) is 6.54 Å². The van der Waals surface area contributed by atoms with Crippen LogP contribution in [0.15, 0.2) is 48.5 Å². The lowest BCUT2D eigenvalue weighted by molar-refractivity contribution is 0.0629. The minimum absolute atomic E-state index is 0.00145. The molecule has 28 heavy (non-hydrogen) atoms. The highest BCUT2D eigenvalue weighted by Gasteiger charge is 2.23. The molecule has 5 nitrogen and oxygen atoms in total. The van der Waals surface area contributed by atoms with Gasteiger partial charge in [-0.3, -0.25) is 9.69 Å². The zero-order chi connectivity index (χ0) is 19.7. The van der Waals surface area contributed by atoms with E-state index in [1.165, 1.54) is 5.56 Å². The zero-order valence-corrected chi connectivity index (χ0v) is 18.2. The Morgan fingerprint density at radius 1 is 1.11 bits per heavy atom. The number of nitrogens with two attached hydrogens (primary N) is 1. The maximum atomic E-state index is 12.7. The summed E-state index contributed by atoms with van der Waals surface area (Å²) in [5, 5.41) is 1.63. The van der Waals surface area contributed by atoms with Gasteiger partial charge in [0.2, 0.25) is 0 Å². The quantitative estimate of drug-likeness (QED) is 0.545. The Balaban J connectivity index is 1.46. The van der Waals surface area contributed by atoms with E-state index in [1.54, 1.807) is 12.1 Å². The van der Waals surface area contributed by atoms with Crippen molar-refractivity contribution in [3.8, 4) is 0 Å². The van der Waals surface area contributed by atoms with E-state index in [0.29, 0.717) is 29.5 Å². The fourth-order valence-electron chi connectivity index (χ4n) is 3.58. The third kappa shape index (κ3) is 4.09. The number of rotatable bonds is 3. The van der Waals surface area contributed by atoms with Crippen LogP contribution in [0, 0.1) is 3.57 Å². The number of piperazine rings is 1. The number of halogens is 2. The molecule has 0 saturated carbocycles. The Bertz CT molecular complexity index is 1030. The van der Waals surface area contributed by atoms with E-state index in [-0.39, 0.29) is 5.91 Å². The minimum Gasteiger partial charge on any atom is -0.384 e. The van der Waals surface area contributed by atoms with Gasteiger partial charge in [0.15, 0.2) is 0 Å². The molecule has 1 amide bonds. The highest BCUT2D eigenvalue weighted by atomic mass is 127. The Morgan fingerprint density at radius 3 is 2.61 bits per heavy atom. The van der Waals surface area contributed by atoms with E-state index in [0.717, 1.165) is 34.1 Å². The molecule has 3 aromatic rings. The van der Waals surface area contributed by atoms with Crippen molar-refractivity contribution in [2.75, 3.05) is 31.9 Å². The molecule has 4 rings (SSSR count). The van der Waals surface area contributed by atoms with Crippen LogP contribution in [-0.4, -0.2) is 46.9 Å². The van der Waals surface area contributed by atoms with Crippen molar-refractivity contribution in [3.05, 3.63) is 68.3 Å². The van der Waals surface area contributed by atoms with E-state index in [2.05, 4.69) is 50.7 Å². The van der Waals surface area contributed by atoms with E-state index in [9.17, 15) is 4.79 Å². The molecule has 1 fully saturated rings. The summed E-state index contributed by atoms with van der Waals surface area (Å²) in [6, 6.07) is 15.4. The van der Waals surface area contributed by atoms with Gasteiger partial charge in [-0.1, -0.05) is 29.8 Å². The minimum atomic E-state index is -0.00145. The van der Waals surface area contributed by atoms with Crippen molar-refractivity contribution in [2.24, 2.45) is 0 Å². The number of nitrogens with zero attached hydrogens (tertiary/aromatic N) is 3. The monoisotopic (exact) mass is 506 g/mol. The molecule has 0 spiro atoms. The van der Waals surface area contributed by atoms with E-state index < -0.39 is 0 Å². The molecule has 2 heterocycles. The molecule has 2 aromatic carbocycles. The number of pyridine rings is 1. The van der Waals surface area contributed by atoms with Crippen molar-refractivity contribution in [1.29, 1.82) is 0 Å². The number of fused-ring (bicyclic) bond motifs is 1. The van der Waals surface area contributed by atoms with Gasteiger partial charge in [0.25, 0.3) is 5.91 Å². The number of hydrogen-bond acceptors (Lipinski definition) is 4. The zero-order valence-electron chi connectivity index (χ0n) is 15.2. The highest BCUT2D eigenvalue weighted by molar-refractivity contribution is 14.1. The molecular weight excluding hydrogens is 487 g/mol. The van der Waals surface area contributed by atoms with Gasteiger partial charge < -0.3 is 10.6 Å². The van der Waals surface area contributed by atoms with Crippen LogP contribution in [0.4, 0.5) is 5.82 Å². The lowest BCUT2D eigenvalue weighted by atomic mass is 10.1. The number of carbonyl (C=O) groups is 1. The average molecular weight is 507 g/mol. The first-order valence-electron chi connectivity index (χ1n) is 9.12. The SMILES string of the molecule is Nc1cc(CN2CCN(C(=O)c3ccccc3Cl)CC2)c2ccc(I)cc2n1. The average Bonchev–Trinajstić information content (AvgIpc) is 2.68. The smallest absolute Gasteiger partial charge is 0.255 e. The fraction of sp³-hybridized carbons (Fsp3) is 0.238. The second kappa shape index (κ2) is 8.23. The second-order valence-electron chi connectivity index (χ2n) is 6.92. The van der Waals surface area contributed by atoms with Crippen LogP contribution in [0.3, 0.4) is 0 Å². The van der Waals surface area contributed by atoms with Crippen LogP contribution in [0.5, 0.6) is 0 Å². The number of nitrogen functional groups attached to an aromatic ring is 1. The third-order valence-corrected chi connectivity index (χ3v) is 6.04. The van der Waals surface area contributed by atoms with Crippen LogP contribution in [-0.2, 0) is 6.54 Å². The third-order valence-electron chi connectivity index (χ3n) is 5.04. The Morgan fingerprint density at radius 2 is 1.86 bits per heavy atom. The summed E-state index contributed by atoms with van der Waals surface area (Å²) >= 11 is 8.46. The van der Waals surface area contributed by atoms with Gasteiger partial charge in [-0.15, -0.1) is 0 Å². The summed E-state index contributed by atoms with van der Waals surface area (Å²) in [6.07, 6.45) is 0. The normalized spacial score (nSPS) is 15.1. The maximum Gasteiger partial charge on any atom is 0.255 e. The fourth-order valence-corrected chi connectivity index (χ4v) is 4.27. The van der Waals surface area contributed by atoms with Crippen LogP contribution in [0.2, 0.25) is 5.02 Å². The number of hydrogen-bond donors (Lipinski definition) is 1. The Labute approximate surface area is 182 Å². The maximum absolute atomic E-state index is 12.7. The van der Waals surface area contributed by atoms with Crippen LogP contribution < -0.4 is 5.73 Å². The largest absolute Gasteiger partial charge is 0.384 e. The molecule has 0 unspecified atom stereocenters. The van der Waals surface area contributed by atoms with Crippen molar-refractivity contribution < 1.29 is 4.79 Å². The van der Waals surface area contributed by atoms with Gasteiger partial charge >= 0.3 is 0 Å². The Hall–Kier alpha value is -1.90. The number of benzene rings is 2. The van der Waals surface area contributed by atoms with Gasteiger partial charge in [0.05, 0.1) is 16.1 Å². The van der Waals surface area contributed by atoms with Crippen LogP contribution in [0.25, 0.3) is 10.9 Å². The van der Waals surface area contributed by atoms with Crippen molar-refractivity contribution >= 4 is 56.8 Å². The predicted octanol–water partition coefficient (Wildman–Crippen LogP) is 4.03. The van der Waals surface area contributed by atoms with Gasteiger partial charge in [0, 0.05) is 41.7 Å². The van der Waals surface area contributed by atoms with Crippen molar-refractivity contribution in [1.82, 2.24) is 14.8 Å². The summed E-state index contributed by atoms with van der Waals surface area (Å²) in [4.78, 5) is 21.4. The topological polar surface area (TPSA) is 62.5 Å². The number of carbonyl (C=O) groups excluding carboxylic acids is 1. The number of amides is 1. The summed E-state index contributed by atoms with van der Waals surface area (Å²) < 4.78 is 1.14. The van der Waals surface area contributed by atoms with Crippen LogP contribution in [0.1, 0.15) is 15.9 Å². The lowest BCUT2D eigenvalue weighted by Gasteiger charge is -2.35. The van der Waals surface area contributed by atoms with Gasteiger partial charge in [0.1, 0.15) is 5.82 Å². The summed E-state index contributed by atoms with van der Waals surface area (Å²) in [5.74, 6) is 0.537. The second-order valence-corrected chi connectivity index (χ2v) is 8.57. The van der Waals surface area contributed by atoms with Gasteiger partial charge in [-0.2, -0.15) is 0 Å². The van der Waals surface area contributed by atoms with E-state index in [1.807, 2.05) is 23.1 Å². The molecule has 0 aliphatic carbocycles. The standard InChI is InChI=1S/C21H20ClIN4O/c22-18-4-2-1-3-17(18)21(28)27-9-7-26(8-10-27)13-14-11-20(24)25-19-12-15(23)5-6-16(14)19/h1-6,11-12H,7-10,13H2,(H2,24,25). The van der Waals surface area contributed by atoms with E-state index >= 15 is 0 Å². The summed E-state index contributed by atoms with van der Waals surface area (Å²) in [7, 11) is 0. The lowest BCUT2D eigenvalue weighted by Crippen LogP contribution is -2.48. The molecule has 0 bridgehead atoms. The highest BCUT2D eigenvalue weighted by Crippen LogP contribution is 2.24. The molecular formula is C21H20ClIN4O. The van der Waals surface area contributed by atoms with Crippen molar-refractivity contribution in [3.63, 3.8) is 0 Å². The van der Waals surface area contributed by atoms with Gasteiger partial charge in [-0.25, -0.2) is 4.98 Å². The number of aromatic nitrogens is 1. The molecule has 1 saturated heterocycles. The molecule has 1 aliphatic heterocycles. The molecule has 0 radical (unpaired) electrons. The molecule has 2 N–H and O–H groups in total. The summed E-state index contributed by atoms with van der Waals surface area (Å²) in [5.41, 5.74) is 8.69. The first kappa shape index (κ1) is 19.4. The van der Waals surface area contributed by atoms with E-state index in [4.69, 9.17) is 17.3 Å². The molecule has 144 valence electrons. The number of anilines is 1. The molecule has 1 aliphatic rings. The summed E-state index contributed by atoms with van der Waals surface area (Å²) in [6.45, 7) is 3.77. The predicted molar refractivity (Wildman–Crippen MR) is 122 cm³/mol. The van der Waals surface area contributed by atoms with Crippen LogP contribution >= 0.6 is 34.2 Å². The molecule has 0 atom stereocenters. The van der Waals surface area contributed by atoms with Gasteiger partial charge in [-0.05, 0) is 58.5 Å². The molecule has 7 heteroatoms. The molecule has 1 aromatic heterocycles. The Kier molecular flexibility index (Phi) is 5.70. The first-order valence-corrected chi connectivity index (χ1v) is 10.6. The first-order chi connectivity index (χ1) is 13.5.